The zero-order valence-corrected chi connectivity index (χ0v) is 12.5. The van der Waals surface area contributed by atoms with Crippen LogP contribution in [0.1, 0.15) is 19.4 Å². The molecule has 19 heavy (non-hydrogen) atoms. The molecule has 0 bridgehead atoms. The number of aromatic amines is 1. The summed E-state index contributed by atoms with van der Waals surface area (Å²) in [6.07, 6.45) is 0. The molecule has 0 saturated heterocycles. The van der Waals surface area contributed by atoms with Crippen molar-refractivity contribution < 1.29 is 4.98 Å². The number of nitrogens with one attached hydrogen (secondary N) is 1. The molecule has 2 rings (SSSR count). The number of pyridine rings is 1. The number of nitrogens with zero attached hydrogens (tertiary/aromatic N) is 1. The Morgan fingerprint density at radius 2 is 2.11 bits per heavy atom. The molecular formula is C16H20ClN2+. The zero-order chi connectivity index (χ0) is 14.0. The highest BCUT2D eigenvalue weighted by atomic mass is 35.5. The maximum atomic E-state index is 6.07. The van der Waals surface area contributed by atoms with E-state index in [4.69, 9.17) is 11.6 Å². The fraction of sp³-hybridized carbons (Fsp3) is 0.312. The molecule has 0 aliphatic rings. The normalized spacial score (nSPS) is 10.7. The summed E-state index contributed by atoms with van der Waals surface area (Å²) in [6.45, 7) is 12.1. The van der Waals surface area contributed by atoms with E-state index in [1.165, 1.54) is 10.9 Å². The van der Waals surface area contributed by atoms with Crippen molar-refractivity contribution in [3.8, 4) is 0 Å². The third kappa shape index (κ3) is 3.07. The van der Waals surface area contributed by atoms with Gasteiger partial charge < -0.3 is 0 Å². The van der Waals surface area contributed by atoms with E-state index in [1.54, 1.807) is 0 Å². The van der Waals surface area contributed by atoms with Crippen LogP contribution in [0.5, 0.6) is 0 Å². The molecule has 0 saturated carbocycles. The molecule has 1 N–H and O–H groups in total. The summed E-state index contributed by atoms with van der Waals surface area (Å²) in [5, 5.41) is 1.96. The Bertz CT molecular complexity index is 619. The Balaban J connectivity index is 2.51. The number of rotatable bonds is 4. The van der Waals surface area contributed by atoms with Crippen LogP contribution in [0.3, 0.4) is 0 Å². The molecule has 0 spiro atoms. The van der Waals surface area contributed by atoms with Crippen molar-refractivity contribution in [2.75, 3.05) is 18.0 Å². The minimum absolute atomic E-state index is 0.753. The zero-order valence-electron chi connectivity index (χ0n) is 11.8. The molecule has 0 aliphatic heterocycles. The predicted octanol–water partition coefficient (Wildman–Crippen LogP) is 4.02. The monoisotopic (exact) mass is 275 g/mol. The van der Waals surface area contributed by atoms with Crippen LogP contribution in [0.2, 0.25) is 5.02 Å². The number of aryl methyl sites for hydroxylation is 1. The molecule has 0 radical (unpaired) electrons. The van der Waals surface area contributed by atoms with E-state index in [-0.39, 0.29) is 0 Å². The summed E-state index contributed by atoms with van der Waals surface area (Å²) >= 11 is 6.07. The SMILES string of the molecule is C=C(C)CN(CC)c1cc(C)c2ccc(Cl)cc2[nH+]1. The van der Waals surface area contributed by atoms with E-state index in [9.17, 15) is 0 Å². The number of fused-ring (bicyclic) bond motifs is 1. The highest BCUT2D eigenvalue weighted by molar-refractivity contribution is 6.31. The first-order valence-electron chi connectivity index (χ1n) is 6.52. The van der Waals surface area contributed by atoms with Gasteiger partial charge >= 0.3 is 0 Å². The van der Waals surface area contributed by atoms with Gasteiger partial charge in [0.1, 0.15) is 12.1 Å². The van der Waals surface area contributed by atoms with Gasteiger partial charge in [-0.3, -0.25) is 4.90 Å². The van der Waals surface area contributed by atoms with Gasteiger partial charge in [-0.1, -0.05) is 18.2 Å². The summed E-state index contributed by atoms with van der Waals surface area (Å²) in [7, 11) is 0. The van der Waals surface area contributed by atoms with E-state index in [0.29, 0.717) is 0 Å². The summed E-state index contributed by atoms with van der Waals surface area (Å²) in [6, 6.07) is 8.14. The van der Waals surface area contributed by atoms with Crippen LogP contribution >= 0.6 is 11.6 Å². The molecule has 1 aromatic carbocycles. The predicted molar refractivity (Wildman–Crippen MR) is 83.0 cm³/mol. The first-order valence-corrected chi connectivity index (χ1v) is 6.90. The number of aromatic nitrogens is 1. The molecule has 100 valence electrons. The van der Waals surface area contributed by atoms with Crippen LogP contribution in [-0.4, -0.2) is 13.1 Å². The fourth-order valence-electron chi connectivity index (χ4n) is 2.28. The third-order valence-corrected chi connectivity index (χ3v) is 3.44. The Labute approximate surface area is 119 Å². The van der Waals surface area contributed by atoms with Crippen LogP contribution in [0.25, 0.3) is 10.9 Å². The van der Waals surface area contributed by atoms with Crippen molar-refractivity contribution >= 4 is 28.3 Å². The van der Waals surface area contributed by atoms with Crippen LogP contribution in [0.4, 0.5) is 5.82 Å². The van der Waals surface area contributed by atoms with Crippen molar-refractivity contribution in [2.24, 2.45) is 0 Å². The Kier molecular flexibility index (Phi) is 4.11. The lowest BCUT2D eigenvalue weighted by atomic mass is 10.1. The average molecular weight is 276 g/mol. The molecule has 0 aliphatic carbocycles. The molecule has 1 heterocycles. The molecule has 0 unspecified atom stereocenters. The molecule has 1 aromatic heterocycles. The number of likely N-dealkylation sites (N-methyl/N-ethyl adjacent to an activating group) is 1. The van der Waals surface area contributed by atoms with Gasteiger partial charge in [0.05, 0.1) is 6.54 Å². The standard InChI is InChI=1S/C16H19ClN2/c1-5-19(10-11(2)3)16-8-12(4)14-7-6-13(17)9-15(14)18-16/h6-9H,2,5,10H2,1,3-4H3/p+1. The van der Waals surface area contributed by atoms with Gasteiger partial charge in [-0.25, -0.2) is 4.98 Å². The minimum Gasteiger partial charge on any atom is -0.258 e. The van der Waals surface area contributed by atoms with Gasteiger partial charge in [0.15, 0.2) is 0 Å². The van der Waals surface area contributed by atoms with Gasteiger partial charge in [0.25, 0.3) is 5.82 Å². The number of H-pyrrole nitrogens is 1. The first-order chi connectivity index (χ1) is 9.01. The minimum atomic E-state index is 0.753. The molecule has 0 atom stereocenters. The number of hydrogen-bond donors (Lipinski definition) is 0. The smallest absolute Gasteiger partial charge is 0.258 e. The molecule has 0 fully saturated rings. The van der Waals surface area contributed by atoms with Crippen molar-refractivity contribution in [2.45, 2.75) is 20.8 Å². The molecule has 0 amide bonds. The molecule has 3 heteroatoms. The summed E-state index contributed by atoms with van der Waals surface area (Å²) in [5.41, 5.74) is 3.47. The van der Waals surface area contributed by atoms with Gasteiger partial charge in [0, 0.05) is 22.5 Å². The molecule has 2 nitrogen and oxygen atoms in total. The van der Waals surface area contributed by atoms with Crippen LogP contribution in [-0.2, 0) is 0 Å². The lowest BCUT2D eigenvalue weighted by molar-refractivity contribution is -0.330. The quantitative estimate of drug-likeness (QED) is 0.771. The van der Waals surface area contributed by atoms with Crippen molar-refractivity contribution in [1.82, 2.24) is 0 Å². The maximum Gasteiger partial charge on any atom is 0.275 e. The van der Waals surface area contributed by atoms with E-state index in [2.05, 4.69) is 42.4 Å². The van der Waals surface area contributed by atoms with Crippen molar-refractivity contribution in [3.63, 3.8) is 0 Å². The second-order valence-electron chi connectivity index (χ2n) is 5.00. The molecular weight excluding hydrogens is 256 g/mol. The van der Waals surface area contributed by atoms with Crippen LogP contribution in [0, 0.1) is 6.92 Å². The Morgan fingerprint density at radius 1 is 1.37 bits per heavy atom. The summed E-state index contributed by atoms with van der Waals surface area (Å²) in [5.74, 6) is 1.11. The first kappa shape index (κ1) is 13.9. The largest absolute Gasteiger partial charge is 0.275 e. The number of benzene rings is 1. The Morgan fingerprint density at radius 3 is 2.74 bits per heavy atom. The van der Waals surface area contributed by atoms with E-state index in [0.717, 1.165) is 35.0 Å². The van der Waals surface area contributed by atoms with Crippen LogP contribution in [0.15, 0.2) is 36.4 Å². The second-order valence-corrected chi connectivity index (χ2v) is 5.44. The second kappa shape index (κ2) is 5.62. The van der Waals surface area contributed by atoms with E-state index < -0.39 is 0 Å². The number of halogens is 1. The lowest BCUT2D eigenvalue weighted by Crippen LogP contribution is -2.30. The third-order valence-electron chi connectivity index (χ3n) is 3.21. The Hall–Kier alpha value is -1.54. The summed E-state index contributed by atoms with van der Waals surface area (Å²) in [4.78, 5) is 5.74. The number of anilines is 1. The van der Waals surface area contributed by atoms with Gasteiger partial charge in [-0.05, 0) is 44.0 Å². The van der Waals surface area contributed by atoms with E-state index in [1.807, 2.05) is 19.1 Å². The van der Waals surface area contributed by atoms with Crippen LogP contribution < -0.4 is 9.88 Å². The van der Waals surface area contributed by atoms with Gasteiger partial charge in [-0.15, -0.1) is 0 Å². The highest BCUT2D eigenvalue weighted by Gasteiger charge is 2.15. The average Bonchev–Trinajstić information content (AvgIpc) is 2.34. The van der Waals surface area contributed by atoms with E-state index >= 15 is 0 Å². The lowest BCUT2D eigenvalue weighted by Gasteiger charge is -2.15. The van der Waals surface area contributed by atoms with Crippen molar-refractivity contribution in [1.29, 1.82) is 0 Å². The maximum absolute atomic E-state index is 6.07. The summed E-state index contributed by atoms with van der Waals surface area (Å²) < 4.78 is 0. The topological polar surface area (TPSA) is 17.4 Å². The fourth-order valence-corrected chi connectivity index (χ4v) is 2.46. The van der Waals surface area contributed by atoms with Gasteiger partial charge in [-0.2, -0.15) is 0 Å². The highest BCUT2D eigenvalue weighted by Crippen LogP contribution is 2.22. The van der Waals surface area contributed by atoms with Gasteiger partial charge in [0.2, 0.25) is 0 Å². The molecule has 2 aromatic rings. The number of hydrogen-bond acceptors (Lipinski definition) is 1. The van der Waals surface area contributed by atoms with Crippen molar-refractivity contribution in [3.05, 3.63) is 47.0 Å².